The fraction of sp³-hybridized carbons (Fsp3) is 0.318. The van der Waals surface area contributed by atoms with E-state index in [1.165, 1.54) is 7.11 Å². The molecule has 0 bridgehead atoms. The summed E-state index contributed by atoms with van der Waals surface area (Å²) in [6.45, 7) is 2.67. The highest BCUT2D eigenvalue weighted by molar-refractivity contribution is 5.96. The fourth-order valence-electron chi connectivity index (χ4n) is 2.87. The number of aromatic amines is 1. The molecule has 0 unspecified atom stereocenters. The highest BCUT2D eigenvalue weighted by Crippen LogP contribution is 2.28. The van der Waals surface area contributed by atoms with Crippen LogP contribution >= 0.6 is 0 Å². The summed E-state index contributed by atoms with van der Waals surface area (Å²) in [6, 6.07) is 12.6. The van der Waals surface area contributed by atoms with Crippen LogP contribution in [0.25, 0.3) is 11.0 Å². The minimum Gasteiger partial charge on any atom is -0.493 e. The molecule has 0 spiro atoms. The van der Waals surface area contributed by atoms with Gasteiger partial charge in [0.1, 0.15) is 5.82 Å². The third-order valence-electron chi connectivity index (χ3n) is 4.52. The van der Waals surface area contributed by atoms with Crippen LogP contribution in [0.4, 0.5) is 0 Å². The number of methoxy groups -OCH3 is 1. The van der Waals surface area contributed by atoms with Crippen molar-refractivity contribution in [2.45, 2.75) is 32.6 Å². The van der Waals surface area contributed by atoms with Gasteiger partial charge < -0.3 is 14.5 Å². The first kappa shape index (κ1) is 21.2. The summed E-state index contributed by atoms with van der Waals surface area (Å²) in [5.41, 5.74) is 6.99. The molecule has 0 radical (unpaired) electrons. The van der Waals surface area contributed by atoms with E-state index in [2.05, 4.69) is 27.7 Å². The molecule has 0 aliphatic heterocycles. The number of carbonyl (C=O) groups is 2. The summed E-state index contributed by atoms with van der Waals surface area (Å²) in [4.78, 5) is 32.0. The number of nitrogens with one attached hydrogen (secondary N) is 3. The van der Waals surface area contributed by atoms with Crippen LogP contribution in [-0.2, 0) is 11.2 Å². The molecule has 0 saturated carbocycles. The van der Waals surface area contributed by atoms with Crippen molar-refractivity contribution in [2.75, 3.05) is 13.7 Å². The van der Waals surface area contributed by atoms with Gasteiger partial charge in [-0.1, -0.05) is 25.5 Å². The van der Waals surface area contributed by atoms with Crippen LogP contribution < -0.4 is 20.3 Å². The van der Waals surface area contributed by atoms with Gasteiger partial charge >= 0.3 is 0 Å². The third-order valence-corrected chi connectivity index (χ3v) is 4.52. The number of para-hydroxylation sites is 2. The number of ether oxygens (including phenoxy) is 2. The summed E-state index contributed by atoms with van der Waals surface area (Å²) in [6.07, 6.45) is 2.59. The van der Waals surface area contributed by atoms with E-state index in [9.17, 15) is 9.59 Å². The van der Waals surface area contributed by atoms with Gasteiger partial charge in [0.25, 0.3) is 5.91 Å². The Morgan fingerprint density at radius 3 is 2.70 bits per heavy atom. The van der Waals surface area contributed by atoms with Gasteiger partial charge in [0.05, 0.1) is 24.8 Å². The number of fused-ring (bicyclic) bond motifs is 1. The molecular weight excluding hydrogens is 384 g/mol. The van der Waals surface area contributed by atoms with Gasteiger partial charge in [0.2, 0.25) is 5.91 Å². The topological polar surface area (TPSA) is 105 Å². The number of imidazole rings is 1. The smallest absolute Gasteiger partial charge is 0.269 e. The maximum Gasteiger partial charge on any atom is 0.269 e. The third kappa shape index (κ3) is 5.50. The second kappa shape index (κ2) is 10.3. The summed E-state index contributed by atoms with van der Waals surface area (Å²) in [5.74, 6) is 1.02. The van der Waals surface area contributed by atoms with Gasteiger partial charge in [0.15, 0.2) is 11.5 Å². The predicted octanol–water partition coefficient (Wildman–Crippen LogP) is 3.14. The molecule has 0 aliphatic carbocycles. The van der Waals surface area contributed by atoms with Crippen LogP contribution in [0.2, 0.25) is 0 Å². The first-order chi connectivity index (χ1) is 14.6. The predicted molar refractivity (Wildman–Crippen MR) is 113 cm³/mol. The number of rotatable bonds is 9. The first-order valence-corrected chi connectivity index (χ1v) is 9.94. The van der Waals surface area contributed by atoms with E-state index in [1.54, 1.807) is 18.2 Å². The molecule has 0 fully saturated rings. The minimum atomic E-state index is -0.439. The zero-order valence-electron chi connectivity index (χ0n) is 17.2. The highest BCUT2D eigenvalue weighted by atomic mass is 16.5. The Morgan fingerprint density at radius 1 is 1.10 bits per heavy atom. The molecule has 3 rings (SSSR count). The second-order valence-electron chi connectivity index (χ2n) is 6.77. The summed E-state index contributed by atoms with van der Waals surface area (Å²) >= 11 is 0. The molecule has 8 nitrogen and oxygen atoms in total. The molecule has 2 aromatic carbocycles. The number of benzene rings is 2. The van der Waals surface area contributed by atoms with Crippen molar-refractivity contribution in [3.05, 3.63) is 53.9 Å². The average molecular weight is 410 g/mol. The lowest BCUT2D eigenvalue weighted by atomic mass is 10.2. The van der Waals surface area contributed by atoms with Crippen LogP contribution in [0, 0.1) is 0 Å². The van der Waals surface area contributed by atoms with E-state index >= 15 is 0 Å². The number of hydrogen-bond donors (Lipinski definition) is 3. The van der Waals surface area contributed by atoms with Crippen molar-refractivity contribution in [3.63, 3.8) is 0 Å². The lowest BCUT2D eigenvalue weighted by Gasteiger charge is -2.12. The SMILES string of the molecule is CCCCOc1ccc(C(=O)NNC(=O)CCc2nc3ccccc3[nH]2)cc1OC. The van der Waals surface area contributed by atoms with Crippen LogP contribution in [0.3, 0.4) is 0 Å². The zero-order chi connectivity index (χ0) is 21.3. The molecule has 0 aliphatic rings. The molecule has 158 valence electrons. The number of hydrazine groups is 1. The maximum absolute atomic E-state index is 12.3. The number of carbonyl (C=O) groups excluding carboxylic acids is 2. The lowest BCUT2D eigenvalue weighted by Crippen LogP contribution is -2.41. The van der Waals surface area contributed by atoms with E-state index in [-0.39, 0.29) is 12.3 Å². The second-order valence-corrected chi connectivity index (χ2v) is 6.77. The Labute approximate surface area is 175 Å². The Kier molecular flexibility index (Phi) is 7.26. The van der Waals surface area contributed by atoms with Gasteiger partial charge in [-0.25, -0.2) is 4.98 Å². The van der Waals surface area contributed by atoms with Gasteiger partial charge in [0, 0.05) is 18.4 Å². The molecule has 8 heteroatoms. The van der Waals surface area contributed by atoms with Crippen molar-refractivity contribution in [2.24, 2.45) is 0 Å². The minimum absolute atomic E-state index is 0.188. The van der Waals surface area contributed by atoms with Gasteiger partial charge in [-0.3, -0.25) is 20.4 Å². The average Bonchev–Trinajstić information content (AvgIpc) is 3.19. The van der Waals surface area contributed by atoms with E-state index < -0.39 is 5.91 Å². The highest BCUT2D eigenvalue weighted by Gasteiger charge is 2.13. The number of H-pyrrole nitrogens is 1. The quantitative estimate of drug-likeness (QED) is 0.371. The lowest BCUT2D eigenvalue weighted by molar-refractivity contribution is -0.121. The maximum atomic E-state index is 12.3. The number of hydrogen-bond acceptors (Lipinski definition) is 5. The number of unbranched alkanes of at least 4 members (excludes halogenated alkanes) is 1. The first-order valence-electron chi connectivity index (χ1n) is 9.94. The largest absolute Gasteiger partial charge is 0.493 e. The molecule has 0 saturated heterocycles. The van der Waals surface area contributed by atoms with Crippen LogP contribution in [0.15, 0.2) is 42.5 Å². The molecule has 1 aromatic heterocycles. The molecular formula is C22H26N4O4. The number of amides is 2. The normalized spacial score (nSPS) is 10.6. The Bertz CT molecular complexity index is 982. The molecule has 30 heavy (non-hydrogen) atoms. The van der Waals surface area contributed by atoms with E-state index in [1.807, 2.05) is 24.3 Å². The van der Waals surface area contributed by atoms with E-state index in [0.717, 1.165) is 29.7 Å². The fourth-order valence-corrected chi connectivity index (χ4v) is 2.87. The van der Waals surface area contributed by atoms with Crippen molar-refractivity contribution >= 4 is 22.8 Å². The van der Waals surface area contributed by atoms with Crippen LogP contribution in [0.1, 0.15) is 42.4 Å². The van der Waals surface area contributed by atoms with Gasteiger partial charge in [-0.2, -0.15) is 0 Å². The Hall–Kier alpha value is -3.55. The summed E-state index contributed by atoms with van der Waals surface area (Å²) in [5, 5.41) is 0. The van der Waals surface area contributed by atoms with Crippen LogP contribution in [-0.4, -0.2) is 35.5 Å². The number of nitrogens with zero attached hydrogens (tertiary/aromatic N) is 1. The Morgan fingerprint density at radius 2 is 1.93 bits per heavy atom. The van der Waals surface area contributed by atoms with Crippen molar-refractivity contribution < 1.29 is 19.1 Å². The summed E-state index contributed by atoms with van der Waals surface area (Å²) < 4.78 is 11.0. The molecule has 3 N–H and O–H groups in total. The Balaban J connectivity index is 1.49. The summed E-state index contributed by atoms with van der Waals surface area (Å²) in [7, 11) is 1.52. The van der Waals surface area contributed by atoms with Gasteiger partial charge in [-0.05, 0) is 36.8 Å². The standard InChI is InChI=1S/C22H26N4O4/c1-3-4-13-30-18-10-9-15(14-19(18)29-2)22(28)26-25-21(27)12-11-20-23-16-7-5-6-8-17(16)24-20/h5-10,14H,3-4,11-13H2,1-2H3,(H,23,24)(H,25,27)(H,26,28). The number of aryl methyl sites for hydroxylation is 1. The molecule has 2 amide bonds. The molecule has 3 aromatic rings. The van der Waals surface area contributed by atoms with Crippen LogP contribution in [0.5, 0.6) is 11.5 Å². The van der Waals surface area contributed by atoms with Crippen molar-refractivity contribution in [1.82, 2.24) is 20.8 Å². The molecule has 0 atom stereocenters. The van der Waals surface area contributed by atoms with E-state index in [4.69, 9.17) is 9.47 Å². The molecule has 1 heterocycles. The van der Waals surface area contributed by atoms with E-state index in [0.29, 0.717) is 30.1 Å². The van der Waals surface area contributed by atoms with Gasteiger partial charge in [-0.15, -0.1) is 0 Å². The van der Waals surface area contributed by atoms with Crippen molar-refractivity contribution in [3.8, 4) is 11.5 Å². The number of aromatic nitrogens is 2. The van der Waals surface area contributed by atoms with Crippen molar-refractivity contribution in [1.29, 1.82) is 0 Å². The zero-order valence-corrected chi connectivity index (χ0v) is 17.2. The monoisotopic (exact) mass is 410 g/mol.